The van der Waals surface area contributed by atoms with Crippen molar-refractivity contribution < 1.29 is 4.79 Å². The molecule has 0 saturated heterocycles. The van der Waals surface area contributed by atoms with Gasteiger partial charge in [-0.25, -0.2) is 10.2 Å². The second kappa shape index (κ2) is 4.61. The van der Waals surface area contributed by atoms with Crippen LogP contribution >= 0.6 is 15.9 Å². The first-order valence-corrected chi connectivity index (χ1v) is 4.32. The number of nitrogens with two attached hydrogens (primary N) is 1. The lowest BCUT2D eigenvalue weighted by Crippen LogP contribution is -2.24. The number of carbonyl (C=O) groups excluding carboxylic acids is 1. The van der Waals surface area contributed by atoms with Crippen molar-refractivity contribution in [2.45, 2.75) is 0 Å². The Kier molecular flexibility index (Phi) is 3.45. The smallest absolute Gasteiger partial charge is 0.332 e. The van der Waals surface area contributed by atoms with Gasteiger partial charge >= 0.3 is 6.03 Å². The van der Waals surface area contributed by atoms with E-state index >= 15 is 0 Å². The maximum atomic E-state index is 10.2. The SMILES string of the molecule is NC(=O)NN=Cc1cccc(Br)c1. The Hall–Kier alpha value is -1.36. The Balaban J connectivity index is 2.63. The lowest BCUT2D eigenvalue weighted by Gasteiger charge is -1.93. The number of hydrogen-bond donors (Lipinski definition) is 2. The zero-order chi connectivity index (χ0) is 9.68. The van der Waals surface area contributed by atoms with Crippen molar-refractivity contribution in [2.75, 3.05) is 0 Å². The summed E-state index contributed by atoms with van der Waals surface area (Å²) in [6.07, 6.45) is 1.51. The second-order valence-corrected chi connectivity index (χ2v) is 3.20. The van der Waals surface area contributed by atoms with Gasteiger partial charge in [0.25, 0.3) is 0 Å². The van der Waals surface area contributed by atoms with Crippen LogP contribution in [0.5, 0.6) is 0 Å². The van der Waals surface area contributed by atoms with Crippen LogP contribution in [0.2, 0.25) is 0 Å². The summed E-state index contributed by atoms with van der Waals surface area (Å²) in [5, 5.41) is 3.61. The van der Waals surface area contributed by atoms with Gasteiger partial charge in [-0.1, -0.05) is 28.1 Å². The van der Waals surface area contributed by atoms with Gasteiger partial charge in [-0.2, -0.15) is 5.10 Å². The van der Waals surface area contributed by atoms with Crippen LogP contribution in [0.4, 0.5) is 4.79 Å². The number of nitrogens with one attached hydrogen (secondary N) is 1. The molecule has 0 radical (unpaired) electrons. The fourth-order valence-corrected chi connectivity index (χ4v) is 1.17. The Morgan fingerprint density at radius 1 is 1.62 bits per heavy atom. The van der Waals surface area contributed by atoms with E-state index in [2.05, 4.69) is 26.5 Å². The molecule has 0 bridgehead atoms. The van der Waals surface area contributed by atoms with Gasteiger partial charge in [-0.15, -0.1) is 0 Å². The van der Waals surface area contributed by atoms with Gasteiger partial charge in [-0.05, 0) is 17.7 Å². The largest absolute Gasteiger partial charge is 0.350 e. The maximum absolute atomic E-state index is 10.2. The Bertz CT molecular complexity index is 338. The molecular formula is C8H8BrN3O. The number of rotatable bonds is 2. The first-order valence-electron chi connectivity index (χ1n) is 3.52. The van der Waals surface area contributed by atoms with Gasteiger partial charge in [-0.3, -0.25) is 0 Å². The third kappa shape index (κ3) is 3.71. The molecule has 0 spiro atoms. The average molecular weight is 242 g/mol. The molecule has 1 aromatic rings. The minimum absolute atomic E-state index is 0.675. The number of carbonyl (C=O) groups is 1. The monoisotopic (exact) mass is 241 g/mol. The summed E-state index contributed by atoms with van der Waals surface area (Å²) >= 11 is 3.31. The highest BCUT2D eigenvalue weighted by Gasteiger charge is 1.89. The van der Waals surface area contributed by atoms with Crippen LogP contribution in [0.3, 0.4) is 0 Å². The molecule has 13 heavy (non-hydrogen) atoms. The van der Waals surface area contributed by atoms with Crippen LogP contribution in [0, 0.1) is 0 Å². The van der Waals surface area contributed by atoms with Crippen LogP contribution in [0.15, 0.2) is 33.8 Å². The summed E-state index contributed by atoms with van der Waals surface area (Å²) < 4.78 is 0.954. The van der Waals surface area contributed by atoms with Crippen molar-refractivity contribution in [3.8, 4) is 0 Å². The van der Waals surface area contributed by atoms with Gasteiger partial charge in [0.15, 0.2) is 0 Å². The molecule has 0 aliphatic carbocycles. The topological polar surface area (TPSA) is 67.5 Å². The molecule has 0 saturated carbocycles. The Morgan fingerprint density at radius 3 is 3.00 bits per heavy atom. The van der Waals surface area contributed by atoms with E-state index in [0.29, 0.717) is 0 Å². The molecule has 3 N–H and O–H groups in total. The van der Waals surface area contributed by atoms with E-state index in [4.69, 9.17) is 5.73 Å². The summed E-state index contributed by atoms with van der Waals surface area (Å²) in [7, 11) is 0. The number of benzene rings is 1. The van der Waals surface area contributed by atoms with Crippen molar-refractivity contribution in [1.82, 2.24) is 5.43 Å². The normalized spacial score (nSPS) is 10.2. The lowest BCUT2D eigenvalue weighted by atomic mass is 10.2. The number of primary amides is 1. The highest BCUT2D eigenvalue weighted by molar-refractivity contribution is 9.10. The number of hydrogen-bond acceptors (Lipinski definition) is 2. The van der Waals surface area contributed by atoms with Crippen molar-refractivity contribution in [2.24, 2.45) is 10.8 Å². The van der Waals surface area contributed by atoms with Crippen molar-refractivity contribution in [3.63, 3.8) is 0 Å². The van der Waals surface area contributed by atoms with E-state index in [-0.39, 0.29) is 0 Å². The second-order valence-electron chi connectivity index (χ2n) is 2.29. The summed E-state index contributed by atoms with van der Waals surface area (Å²) in [6.45, 7) is 0. The lowest BCUT2D eigenvalue weighted by molar-refractivity contribution is 0.249. The number of halogens is 1. The molecule has 0 heterocycles. The number of nitrogens with zero attached hydrogens (tertiary/aromatic N) is 1. The van der Waals surface area contributed by atoms with Gasteiger partial charge < -0.3 is 5.73 Å². The minimum Gasteiger partial charge on any atom is -0.350 e. The molecule has 68 valence electrons. The summed E-state index contributed by atoms with van der Waals surface area (Å²) in [4.78, 5) is 10.2. The molecule has 0 unspecified atom stereocenters. The average Bonchev–Trinajstić information content (AvgIpc) is 2.03. The quantitative estimate of drug-likeness (QED) is 0.598. The summed E-state index contributed by atoms with van der Waals surface area (Å²) in [5.74, 6) is 0. The molecule has 2 amide bonds. The zero-order valence-electron chi connectivity index (χ0n) is 6.70. The molecule has 4 nitrogen and oxygen atoms in total. The Labute approximate surface area is 83.9 Å². The standard InChI is InChI=1S/C8H8BrN3O/c9-7-3-1-2-6(4-7)5-11-12-8(10)13/h1-5H,(H3,10,12,13). The van der Waals surface area contributed by atoms with Crippen molar-refractivity contribution in [1.29, 1.82) is 0 Å². The van der Waals surface area contributed by atoms with Gasteiger partial charge in [0.2, 0.25) is 0 Å². The number of hydrazone groups is 1. The fourth-order valence-electron chi connectivity index (χ4n) is 0.757. The molecule has 0 atom stereocenters. The number of urea groups is 1. The van der Waals surface area contributed by atoms with Crippen LogP contribution in [-0.2, 0) is 0 Å². The van der Waals surface area contributed by atoms with Gasteiger partial charge in [0.1, 0.15) is 0 Å². The van der Waals surface area contributed by atoms with E-state index in [1.54, 1.807) is 0 Å². The molecule has 0 aliphatic rings. The molecule has 5 heteroatoms. The zero-order valence-corrected chi connectivity index (χ0v) is 8.28. The molecular weight excluding hydrogens is 234 g/mol. The first kappa shape index (κ1) is 9.73. The highest BCUT2D eigenvalue weighted by atomic mass is 79.9. The predicted molar refractivity (Wildman–Crippen MR) is 54.5 cm³/mol. The molecule has 1 aromatic carbocycles. The van der Waals surface area contributed by atoms with E-state index in [1.807, 2.05) is 24.3 Å². The van der Waals surface area contributed by atoms with Gasteiger partial charge in [0, 0.05) is 4.47 Å². The molecule has 1 rings (SSSR count). The molecule has 0 aromatic heterocycles. The number of amides is 2. The Morgan fingerprint density at radius 2 is 2.38 bits per heavy atom. The predicted octanol–water partition coefficient (Wildman–Crippen LogP) is 1.45. The first-order chi connectivity index (χ1) is 6.18. The van der Waals surface area contributed by atoms with E-state index < -0.39 is 6.03 Å². The van der Waals surface area contributed by atoms with Crippen molar-refractivity contribution >= 4 is 28.2 Å². The molecule has 0 fully saturated rings. The maximum Gasteiger partial charge on any atom is 0.332 e. The van der Waals surface area contributed by atoms with Crippen molar-refractivity contribution in [3.05, 3.63) is 34.3 Å². The minimum atomic E-state index is -0.675. The van der Waals surface area contributed by atoms with Gasteiger partial charge in [0.05, 0.1) is 6.21 Å². The van der Waals surface area contributed by atoms with Crippen LogP contribution < -0.4 is 11.2 Å². The van der Waals surface area contributed by atoms with Crippen LogP contribution in [0.25, 0.3) is 0 Å². The third-order valence-electron chi connectivity index (χ3n) is 1.24. The van der Waals surface area contributed by atoms with E-state index in [1.165, 1.54) is 6.21 Å². The van der Waals surface area contributed by atoms with Crippen LogP contribution in [-0.4, -0.2) is 12.2 Å². The van der Waals surface area contributed by atoms with E-state index in [0.717, 1.165) is 10.0 Å². The highest BCUT2D eigenvalue weighted by Crippen LogP contribution is 2.09. The van der Waals surface area contributed by atoms with Crippen LogP contribution in [0.1, 0.15) is 5.56 Å². The summed E-state index contributed by atoms with van der Waals surface area (Å²) in [6, 6.07) is 6.82. The molecule has 0 aliphatic heterocycles. The van der Waals surface area contributed by atoms with E-state index in [9.17, 15) is 4.79 Å². The summed E-state index contributed by atoms with van der Waals surface area (Å²) in [5.41, 5.74) is 7.80. The fraction of sp³-hybridized carbons (Fsp3) is 0. The third-order valence-corrected chi connectivity index (χ3v) is 1.73.